The van der Waals surface area contributed by atoms with Crippen molar-refractivity contribution in [3.05, 3.63) is 34.8 Å². The molecule has 0 spiro atoms. The molecular weight excluding hydrogens is 396 g/mol. The van der Waals surface area contributed by atoms with Crippen molar-refractivity contribution in [2.75, 3.05) is 32.8 Å². The van der Waals surface area contributed by atoms with Gasteiger partial charge < -0.3 is 19.9 Å². The molecule has 162 valence electrons. The lowest BCUT2D eigenvalue weighted by Crippen LogP contribution is -2.42. The average Bonchev–Trinajstić information content (AvgIpc) is 3.37. The number of rotatable bonds is 7. The van der Waals surface area contributed by atoms with Crippen LogP contribution in [-0.2, 0) is 13.0 Å². The van der Waals surface area contributed by atoms with Gasteiger partial charge in [-0.25, -0.2) is 9.78 Å². The molecule has 0 radical (unpaired) electrons. The smallest absolute Gasteiger partial charge is 0.317 e. The van der Waals surface area contributed by atoms with E-state index in [1.165, 1.54) is 24.3 Å². The van der Waals surface area contributed by atoms with Crippen molar-refractivity contribution in [2.45, 2.75) is 52.1 Å². The van der Waals surface area contributed by atoms with E-state index in [0.29, 0.717) is 13.1 Å². The van der Waals surface area contributed by atoms with Crippen molar-refractivity contribution < 1.29 is 9.53 Å². The highest BCUT2D eigenvalue weighted by molar-refractivity contribution is 7.15. The maximum absolute atomic E-state index is 12.1. The second-order valence-electron chi connectivity index (χ2n) is 8.15. The van der Waals surface area contributed by atoms with Crippen molar-refractivity contribution in [3.63, 3.8) is 0 Å². The number of fused-ring (bicyclic) bond motifs is 1. The first kappa shape index (κ1) is 21.1. The van der Waals surface area contributed by atoms with Gasteiger partial charge in [-0.05, 0) is 63.9 Å². The number of thiazole rings is 1. The predicted molar refractivity (Wildman–Crippen MR) is 121 cm³/mol. The summed E-state index contributed by atoms with van der Waals surface area (Å²) in [6.45, 7) is 9.40. The minimum atomic E-state index is 0.0128. The van der Waals surface area contributed by atoms with E-state index in [9.17, 15) is 4.79 Å². The van der Waals surface area contributed by atoms with Crippen LogP contribution in [0.3, 0.4) is 0 Å². The molecular formula is C23H32N4O2S. The zero-order chi connectivity index (χ0) is 20.9. The fourth-order valence-electron chi connectivity index (χ4n) is 4.23. The van der Waals surface area contributed by atoms with Crippen molar-refractivity contribution in [3.8, 4) is 16.3 Å². The third-order valence-corrected chi connectivity index (χ3v) is 7.13. The number of nitrogens with one attached hydrogen (secondary N) is 1. The molecule has 2 aliphatic heterocycles. The van der Waals surface area contributed by atoms with Gasteiger partial charge in [0, 0.05) is 42.5 Å². The van der Waals surface area contributed by atoms with Gasteiger partial charge in [0.2, 0.25) is 0 Å². The van der Waals surface area contributed by atoms with E-state index in [0.717, 1.165) is 60.6 Å². The van der Waals surface area contributed by atoms with Crippen LogP contribution in [-0.4, -0.2) is 59.6 Å². The molecule has 2 aliphatic rings. The van der Waals surface area contributed by atoms with Crippen molar-refractivity contribution in [1.82, 2.24) is 20.1 Å². The average molecular weight is 429 g/mol. The summed E-state index contributed by atoms with van der Waals surface area (Å²) in [5.74, 6) is 0.914. The van der Waals surface area contributed by atoms with Crippen LogP contribution in [0, 0.1) is 0 Å². The van der Waals surface area contributed by atoms with Gasteiger partial charge in [-0.3, -0.25) is 0 Å². The molecule has 2 aromatic rings. The molecule has 2 amide bonds. The molecule has 1 N–H and O–H groups in total. The van der Waals surface area contributed by atoms with Gasteiger partial charge in [-0.2, -0.15) is 0 Å². The topological polar surface area (TPSA) is 57.7 Å². The quantitative estimate of drug-likeness (QED) is 0.673. The van der Waals surface area contributed by atoms with E-state index in [2.05, 4.69) is 29.3 Å². The van der Waals surface area contributed by atoms with E-state index in [-0.39, 0.29) is 6.03 Å². The molecule has 1 saturated heterocycles. The zero-order valence-electron chi connectivity index (χ0n) is 18.0. The van der Waals surface area contributed by atoms with Crippen molar-refractivity contribution in [2.24, 2.45) is 0 Å². The molecule has 30 heavy (non-hydrogen) atoms. The Hall–Kier alpha value is -2.12. The van der Waals surface area contributed by atoms with Gasteiger partial charge in [0.15, 0.2) is 0 Å². The van der Waals surface area contributed by atoms with E-state index in [1.807, 2.05) is 24.0 Å². The molecule has 0 saturated carbocycles. The molecule has 1 atom stereocenters. The third-order valence-electron chi connectivity index (χ3n) is 6.00. The van der Waals surface area contributed by atoms with Crippen LogP contribution in [0.5, 0.6) is 5.75 Å². The lowest BCUT2D eigenvalue weighted by Gasteiger charge is -2.25. The summed E-state index contributed by atoms with van der Waals surface area (Å²) in [4.78, 5) is 22.6. The van der Waals surface area contributed by atoms with Gasteiger partial charge in [0.1, 0.15) is 10.8 Å². The molecule has 1 fully saturated rings. The Morgan fingerprint density at radius 3 is 2.87 bits per heavy atom. The maximum Gasteiger partial charge on any atom is 0.317 e. The molecule has 1 aromatic heterocycles. The summed E-state index contributed by atoms with van der Waals surface area (Å²) in [7, 11) is 0. The van der Waals surface area contributed by atoms with E-state index in [4.69, 9.17) is 9.72 Å². The number of likely N-dealkylation sites (tertiary alicyclic amines) is 1. The normalized spacial score (nSPS) is 19.0. The number of urea groups is 1. The minimum Gasteiger partial charge on any atom is -0.494 e. The minimum absolute atomic E-state index is 0.0128. The number of aromatic nitrogens is 1. The van der Waals surface area contributed by atoms with Crippen LogP contribution in [0.15, 0.2) is 24.3 Å². The van der Waals surface area contributed by atoms with Crippen molar-refractivity contribution in [1.29, 1.82) is 0 Å². The standard InChI is InChI=1S/C23H32N4O2S/c1-3-24-23(28)27-14-11-20-21(16-27)30-22(25-20)18-7-9-19(10-8-18)29-15-5-13-26-12-4-6-17(26)2/h7-10,17H,3-6,11-16H2,1-2H3,(H,24,28). The Morgan fingerprint density at radius 1 is 1.30 bits per heavy atom. The fraction of sp³-hybridized carbons (Fsp3) is 0.565. The number of carbonyl (C=O) groups excluding carboxylic acids is 1. The number of hydrogen-bond acceptors (Lipinski definition) is 5. The molecule has 0 bridgehead atoms. The van der Waals surface area contributed by atoms with Gasteiger partial charge in [-0.15, -0.1) is 11.3 Å². The van der Waals surface area contributed by atoms with Gasteiger partial charge >= 0.3 is 6.03 Å². The number of benzene rings is 1. The number of hydrogen-bond donors (Lipinski definition) is 1. The summed E-state index contributed by atoms with van der Waals surface area (Å²) >= 11 is 1.69. The molecule has 1 aromatic carbocycles. The van der Waals surface area contributed by atoms with E-state index < -0.39 is 0 Å². The first-order valence-corrected chi connectivity index (χ1v) is 11.9. The van der Waals surface area contributed by atoms with Crippen LogP contribution in [0.2, 0.25) is 0 Å². The molecule has 6 nitrogen and oxygen atoms in total. The summed E-state index contributed by atoms with van der Waals surface area (Å²) in [6.07, 6.45) is 4.54. The van der Waals surface area contributed by atoms with Gasteiger partial charge in [0.05, 0.1) is 18.8 Å². The van der Waals surface area contributed by atoms with E-state index in [1.54, 1.807) is 11.3 Å². The SMILES string of the molecule is CCNC(=O)N1CCc2nc(-c3ccc(OCCCN4CCCC4C)cc3)sc2C1. The molecule has 0 aliphatic carbocycles. The largest absolute Gasteiger partial charge is 0.494 e. The summed E-state index contributed by atoms with van der Waals surface area (Å²) in [6, 6.07) is 8.98. The zero-order valence-corrected chi connectivity index (χ0v) is 18.8. The summed E-state index contributed by atoms with van der Waals surface area (Å²) < 4.78 is 5.94. The second-order valence-corrected chi connectivity index (χ2v) is 9.23. The van der Waals surface area contributed by atoms with Crippen molar-refractivity contribution >= 4 is 17.4 Å². The van der Waals surface area contributed by atoms with Gasteiger partial charge in [-0.1, -0.05) is 0 Å². The number of ether oxygens (including phenoxy) is 1. The number of amides is 2. The fourth-order valence-corrected chi connectivity index (χ4v) is 5.36. The highest BCUT2D eigenvalue weighted by Gasteiger charge is 2.24. The lowest BCUT2D eigenvalue weighted by molar-refractivity contribution is 0.193. The predicted octanol–water partition coefficient (Wildman–Crippen LogP) is 4.15. The lowest BCUT2D eigenvalue weighted by atomic mass is 10.2. The Morgan fingerprint density at radius 2 is 2.13 bits per heavy atom. The molecule has 3 heterocycles. The first-order chi connectivity index (χ1) is 14.6. The molecule has 1 unspecified atom stereocenters. The summed E-state index contributed by atoms with van der Waals surface area (Å²) in [5, 5.41) is 3.90. The summed E-state index contributed by atoms with van der Waals surface area (Å²) in [5.41, 5.74) is 2.24. The Balaban J connectivity index is 1.30. The first-order valence-electron chi connectivity index (χ1n) is 11.1. The van der Waals surface area contributed by atoms with E-state index >= 15 is 0 Å². The van der Waals surface area contributed by atoms with Crippen LogP contribution >= 0.6 is 11.3 Å². The Kier molecular flexibility index (Phi) is 6.89. The molecule has 4 rings (SSSR count). The Labute approximate surface area is 183 Å². The van der Waals surface area contributed by atoms with Crippen LogP contribution < -0.4 is 10.1 Å². The highest BCUT2D eigenvalue weighted by Crippen LogP contribution is 2.32. The van der Waals surface area contributed by atoms with Crippen LogP contribution in [0.1, 0.15) is 43.7 Å². The van der Waals surface area contributed by atoms with Crippen LogP contribution in [0.25, 0.3) is 10.6 Å². The Bertz CT molecular complexity index is 851. The van der Waals surface area contributed by atoms with Gasteiger partial charge in [0.25, 0.3) is 0 Å². The second kappa shape index (κ2) is 9.79. The third kappa shape index (κ3) is 4.95. The number of nitrogens with zero attached hydrogens (tertiary/aromatic N) is 3. The van der Waals surface area contributed by atoms with Crippen LogP contribution in [0.4, 0.5) is 4.79 Å². The highest BCUT2D eigenvalue weighted by atomic mass is 32.1. The number of carbonyl (C=O) groups is 1. The monoisotopic (exact) mass is 428 g/mol. The maximum atomic E-state index is 12.1. The molecule has 7 heteroatoms.